The van der Waals surface area contributed by atoms with Gasteiger partial charge in [0.05, 0.1) is 49.8 Å². The molecule has 0 atom stereocenters. The number of nitrogens with zero attached hydrogens (tertiary/aromatic N) is 4. The van der Waals surface area contributed by atoms with Crippen LogP contribution in [0.2, 0.25) is 0 Å². The summed E-state index contributed by atoms with van der Waals surface area (Å²) in [7, 11) is 0. The molecule has 0 aliphatic carbocycles. The van der Waals surface area contributed by atoms with E-state index in [1.54, 1.807) is 29.3 Å². The Balaban J connectivity index is 1.51. The fraction of sp³-hybridized carbons (Fsp3) is 0.280. The fourth-order valence-electron chi connectivity index (χ4n) is 4.43. The van der Waals surface area contributed by atoms with Crippen molar-refractivity contribution in [3.8, 4) is 0 Å². The van der Waals surface area contributed by atoms with E-state index < -0.39 is 0 Å². The zero-order valence-corrected chi connectivity index (χ0v) is 20.7. The molecule has 2 aliphatic heterocycles. The van der Waals surface area contributed by atoms with Crippen molar-refractivity contribution in [3.63, 3.8) is 0 Å². The average molecular weight is 509 g/mol. The second kappa shape index (κ2) is 10.3. The van der Waals surface area contributed by atoms with E-state index >= 15 is 0 Å². The summed E-state index contributed by atoms with van der Waals surface area (Å²) in [5, 5.41) is 9.27. The Morgan fingerprint density at radius 2 is 1.83 bits per heavy atom. The van der Waals surface area contributed by atoms with Crippen LogP contribution in [0.5, 0.6) is 0 Å². The van der Waals surface area contributed by atoms with E-state index in [1.165, 1.54) is 21.1 Å². The maximum atomic E-state index is 13.6. The topological polar surface area (TPSA) is 82.6 Å². The van der Waals surface area contributed by atoms with Gasteiger partial charge in [0.25, 0.3) is 11.5 Å². The molecule has 1 aromatic carbocycles. The zero-order chi connectivity index (χ0) is 24.4. The molecule has 2 aliphatic rings. The number of anilines is 1. The van der Waals surface area contributed by atoms with Gasteiger partial charge in [-0.25, -0.2) is 4.98 Å². The predicted octanol–water partition coefficient (Wildman–Crippen LogP) is 0.793. The zero-order valence-electron chi connectivity index (χ0n) is 19.1. The highest BCUT2D eigenvalue weighted by Gasteiger charge is 2.33. The van der Waals surface area contributed by atoms with E-state index in [-0.39, 0.29) is 18.1 Å². The molecule has 0 saturated carbocycles. The van der Waals surface area contributed by atoms with Crippen molar-refractivity contribution in [1.82, 2.24) is 14.3 Å². The molecule has 8 nitrogen and oxygen atoms in total. The first-order valence-electron chi connectivity index (χ1n) is 11.5. The maximum Gasteiger partial charge on any atom is 0.267 e. The van der Waals surface area contributed by atoms with Crippen molar-refractivity contribution >= 4 is 51.7 Å². The Morgan fingerprint density at radius 3 is 2.57 bits per heavy atom. The van der Waals surface area contributed by atoms with Gasteiger partial charge in [-0.1, -0.05) is 60.4 Å². The smallest absolute Gasteiger partial charge is 0.267 e. The van der Waals surface area contributed by atoms with Gasteiger partial charge in [0.2, 0.25) is 0 Å². The minimum atomic E-state index is -0.218. The Bertz CT molecular complexity index is 1350. The third kappa shape index (κ3) is 4.87. The number of aliphatic hydroxyl groups is 1. The van der Waals surface area contributed by atoms with Crippen LogP contribution in [0.15, 0.2) is 64.4 Å². The van der Waals surface area contributed by atoms with Gasteiger partial charge >= 0.3 is 0 Å². The van der Waals surface area contributed by atoms with Gasteiger partial charge in [-0.3, -0.25) is 18.9 Å². The first-order valence-corrected chi connectivity index (χ1v) is 12.8. The average Bonchev–Trinajstić information content (AvgIpc) is 3.14. The summed E-state index contributed by atoms with van der Waals surface area (Å²) in [6, 6.07) is 15.1. The van der Waals surface area contributed by atoms with E-state index in [9.17, 15) is 14.7 Å². The van der Waals surface area contributed by atoms with Crippen molar-refractivity contribution in [2.75, 3.05) is 44.2 Å². The van der Waals surface area contributed by atoms with E-state index in [1.807, 2.05) is 36.4 Å². The van der Waals surface area contributed by atoms with Crippen LogP contribution in [0.4, 0.5) is 5.82 Å². The molecule has 10 heteroatoms. The second-order valence-corrected chi connectivity index (χ2v) is 10.2. The van der Waals surface area contributed by atoms with Gasteiger partial charge in [-0.05, 0) is 23.8 Å². The summed E-state index contributed by atoms with van der Waals surface area (Å²) in [6.45, 7) is 4.35. The van der Waals surface area contributed by atoms with Gasteiger partial charge in [-0.2, -0.15) is 0 Å². The minimum absolute atomic E-state index is 0.154. The summed E-state index contributed by atoms with van der Waals surface area (Å²) >= 11 is 6.73. The standard InChI is InChI=1S/C25H25N5O3S2/c31-15-14-27-10-12-28(13-11-27)22-19(23(32)29-9-5-4-8-21(29)26-22)16-20-24(33)30(25(34)35-20)17-18-6-2-1-3-7-18/h1-9,16,31H,10-15,17H2/p+1/b20-16-. The van der Waals surface area contributed by atoms with Crippen LogP contribution in [0, 0.1) is 0 Å². The molecule has 35 heavy (non-hydrogen) atoms. The lowest BCUT2D eigenvalue weighted by Crippen LogP contribution is -3.15. The van der Waals surface area contributed by atoms with Crippen molar-refractivity contribution < 1.29 is 14.8 Å². The molecule has 2 aromatic heterocycles. The number of nitrogens with one attached hydrogen (secondary N) is 1. The van der Waals surface area contributed by atoms with Crippen LogP contribution < -0.4 is 15.4 Å². The summed E-state index contributed by atoms with van der Waals surface area (Å²) in [4.78, 5) is 37.1. The molecular weight excluding hydrogens is 482 g/mol. The molecule has 0 radical (unpaired) electrons. The minimum Gasteiger partial charge on any atom is -0.391 e. The van der Waals surface area contributed by atoms with E-state index in [0.29, 0.717) is 52.4 Å². The summed E-state index contributed by atoms with van der Waals surface area (Å²) in [6.07, 6.45) is 3.34. The molecule has 2 fully saturated rings. The molecule has 0 unspecified atom stereocenters. The van der Waals surface area contributed by atoms with Crippen molar-refractivity contribution in [1.29, 1.82) is 0 Å². The largest absolute Gasteiger partial charge is 0.391 e. The van der Waals surface area contributed by atoms with Crippen LogP contribution in [0.3, 0.4) is 0 Å². The first kappa shape index (κ1) is 23.7. The lowest BCUT2D eigenvalue weighted by molar-refractivity contribution is -0.900. The lowest BCUT2D eigenvalue weighted by atomic mass is 10.2. The Kier molecular flexibility index (Phi) is 6.96. The maximum absolute atomic E-state index is 13.6. The fourth-order valence-corrected chi connectivity index (χ4v) is 5.67. The Hall–Kier alpha value is -3.05. The van der Waals surface area contributed by atoms with Gasteiger partial charge in [0.1, 0.15) is 22.3 Å². The van der Waals surface area contributed by atoms with Gasteiger partial charge in [0.15, 0.2) is 0 Å². The molecule has 2 N–H and O–H groups in total. The van der Waals surface area contributed by atoms with Crippen LogP contribution in [0.1, 0.15) is 11.1 Å². The number of hydrogen-bond acceptors (Lipinski definition) is 7. The lowest BCUT2D eigenvalue weighted by Gasteiger charge is -2.33. The van der Waals surface area contributed by atoms with E-state index in [2.05, 4.69) is 4.90 Å². The Labute approximate surface area is 212 Å². The number of aromatic nitrogens is 2. The number of benzene rings is 1. The van der Waals surface area contributed by atoms with Crippen LogP contribution in [-0.4, -0.2) is 68.9 Å². The van der Waals surface area contributed by atoms with Crippen molar-refractivity contribution in [3.05, 3.63) is 81.1 Å². The van der Waals surface area contributed by atoms with Gasteiger partial charge in [-0.15, -0.1) is 0 Å². The number of piperazine rings is 1. The number of thiocarbonyl (C=S) groups is 1. The molecule has 0 bridgehead atoms. The molecule has 3 aromatic rings. The van der Waals surface area contributed by atoms with Crippen molar-refractivity contribution in [2.24, 2.45) is 0 Å². The number of hydrogen-bond donors (Lipinski definition) is 2. The number of carbonyl (C=O) groups excluding carboxylic acids is 1. The van der Waals surface area contributed by atoms with Gasteiger partial charge < -0.3 is 14.9 Å². The molecule has 180 valence electrons. The normalized spacial score (nSPS) is 18.3. The Morgan fingerprint density at radius 1 is 1.09 bits per heavy atom. The summed E-state index contributed by atoms with van der Waals surface area (Å²) in [5.74, 6) is 0.377. The molecular formula is C25H26N5O3S2+. The highest BCUT2D eigenvalue weighted by Crippen LogP contribution is 2.34. The summed E-state index contributed by atoms with van der Waals surface area (Å²) < 4.78 is 1.98. The second-order valence-electron chi connectivity index (χ2n) is 8.55. The van der Waals surface area contributed by atoms with E-state index in [0.717, 1.165) is 18.7 Å². The number of aliphatic hydroxyl groups excluding tert-OH is 1. The highest BCUT2D eigenvalue weighted by atomic mass is 32.2. The molecule has 2 saturated heterocycles. The first-order chi connectivity index (χ1) is 17.0. The molecule has 4 heterocycles. The number of rotatable bonds is 6. The van der Waals surface area contributed by atoms with Crippen LogP contribution >= 0.6 is 24.0 Å². The SMILES string of the molecule is O=C1/C(=C/c2c(N3CC[NH+](CCO)CC3)nc3ccccn3c2=O)SC(=S)N1Cc1ccccc1. The highest BCUT2D eigenvalue weighted by molar-refractivity contribution is 8.26. The number of amides is 1. The van der Waals surface area contributed by atoms with Crippen LogP contribution in [-0.2, 0) is 11.3 Å². The predicted molar refractivity (Wildman–Crippen MR) is 141 cm³/mol. The molecule has 0 spiro atoms. The monoisotopic (exact) mass is 508 g/mol. The summed E-state index contributed by atoms with van der Waals surface area (Å²) in [5.41, 5.74) is 1.72. The molecule has 5 rings (SSSR count). The number of carbonyl (C=O) groups is 1. The number of quaternary nitrogens is 1. The molecule has 1 amide bonds. The van der Waals surface area contributed by atoms with E-state index in [4.69, 9.17) is 17.2 Å². The number of fused-ring (bicyclic) bond motifs is 1. The van der Waals surface area contributed by atoms with Gasteiger partial charge in [0, 0.05) is 6.20 Å². The number of pyridine rings is 1. The third-order valence-electron chi connectivity index (χ3n) is 6.32. The number of thioether (sulfide) groups is 1. The quantitative estimate of drug-likeness (QED) is 0.376. The van der Waals surface area contributed by atoms with Crippen LogP contribution in [0.25, 0.3) is 11.7 Å². The van der Waals surface area contributed by atoms with Crippen molar-refractivity contribution in [2.45, 2.75) is 6.54 Å². The third-order valence-corrected chi connectivity index (χ3v) is 7.69.